The molecule has 1 unspecified atom stereocenters. The molecule has 3 amide bonds. The van der Waals surface area contributed by atoms with Crippen LogP contribution >= 0.6 is 35.6 Å². The molecule has 0 radical (unpaired) electrons. The van der Waals surface area contributed by atoms with E-state index in [9.17, 15) is 14.4 Å². The average molecular weight is 410 g/mol. The highest BCUT2D eigenvalue weighted by molar-refractivity contribution is 6.35. The summed E-state index contributed by atoms with van der Waals surface area (Å²) in [6, 6.07) is 4.12. The van der Waals surface area contributed by atoms with Crippen molar-refractivity contribution < 1.29 is 14.4 Å². The van der Waals surface area contributed by atoms with Crippen LogP contribution < -0.4 is 16.4 Å². The van der Waals surface area contributed by atoms with Gasteiger partial charge in [0.2, 0.25) is 17.7 Å². The third-order valence-electron chi connectivity index (χ3n) is 3.63. The summed E-state index contributed by atoms with van der Waals surface area (Å²) in [4.78, 5) is 37.2. The number of halogens is 3. The fraction of sp³-hybridized carbons (Fsp3) is 0.400. The molecule has 1 fully saturated rings. The number of benzene rings is 1. The molecule has 0 spiro atoms. The minimum Gasteiger partial charge on any atom is -0.346 e. The van der Waals surface area contributed by atoms with Crippen molar-refractivity contribution in [2.24, 2.45) is 5.73 Å². The topological polar surface area (TPSA) is 105 Å². The van der Waals surface area contributed by atoms with Gasteiger partial charge in [-0.25, -0.2) is 0 Å². The zero-order valence-corrected chi connectivity index (χ0v) is 15.6. The van der Waals surface area contributed by atoms with Crippen molar-refractivity contribution in [2.75, 3.05) is 25.0 Å². The zero-order chi connectivity index (χ0) is 17.7. The molecule has 1 heterocycles. The van der Waals surface area contributed by atoms with Gasteiger partial charge in [0.05, 0.1) is 13.1 Å². The van der Waals surface area contributed by atoms with Crippen LogP contribution in [0.5, 0.6) is 0 Å². The van der Waals surface area contributed by atoms with Crippen molar-refractivity contribution in [2.45, 2.75) is 18.9 Å². The van der Waals surface area contributed by atoms with Gasteiger partial charge in [-0.05, 0) is 31.0 Å². The van der Waals surface area contributed by atoms with Gasteiger partial charge in [-0.15, -0.1) is 12.4 Å². The van der Waals surface area contributed by atoms with Crippen LogP contribution in [0, 0.1) is 0 Å². The maximum atomic E-state index is 12.4. The molecular formula is C15H19Cl3N4O3. The maximum absolute atomic E-state index is 12.4. The number of carbonyl (C=O) groups is 3. The summed E-state index contributed by atoms with van der Waals surface area (Å²) < 4.78 is 0. The lowest BCUT2D eigenvalue weighted by Gasteiger charge is -2.24. The number of nitrogens with zero attached hydrogens (tertiary/aromatic N) is 1. The first-order chi connectivity index (χ1) is 11.4. The minimum absolute atomic E-state index is 0. The molecule has 0 saturated carbocycles. The smallest absolute Gasteiger partial charge is 0.247 e. The predicted octanol–water partition coefficient (Wildman–Crippen LogP) is 1.42. The van der Waals surface area contributed by atoms with Gasteiger partial charge in [0, 0.05) is 22.3 Å². The maximum Gasteiger partial charge on any atom is 0.247 e. The van der Waals surface area contributed by atoms with Crippen molar-refractivity contribution >= 4 is 59.0 Å². The lowest BCUT2D eigenvalue weighted by molar-refractivity contribution is -0.137. The van der Waals surface area contributed by atoms with Crippen LogP contribution in [0.3, 0.4) is 0 Å². The normalized spacial score (nSPS) is 16.1. The first-order valence-electron chi connectivity index (χ1n) is 7.44. The Morgan fingerprint density at radius 2 is 1.84 bits per heavy atom. The molecule has 0 aliphatic carbocycles. The average Bonchev–Trinajstić information content (AvgIpc) is 3.00. The Balaban J connectivity index is 0.00000312. The quantitative estimate of drug-likeness (QED) is 0.684. The van der Waals surface area contributed by atoms with Gasteiger partial charge in [-0.1, -0.05) is 23.2 Å². The molecule has 1 atom stereocenters. The molecule has 1 aliphatic rings. The van der Waals surface area contributed by atoms with Gasteiger partial charge in [0.1, 0.15) is 6.04 Å². The molecule has 138 valence electrons. The lowest BCUT2D eigenvalue weighted by atomic mass is 10.2. The Bertz CT molecular complexity index is 637. The van der Waals surface area contributed by atoms with Crippen molar-refractivity contribution in [3.8, 4) is 0 Å². The molecule has 0 bridgehead atoms. The van der Waals surface area contributed by atoms with Gasteiger partial charge in [-0.3, -0.25) is 14.4 Å². The van der Waals surface area contributed by atoms with Crippen LogP contribution in [0.2, 0.25) is 10.0 Å². The molecule has 1 aromatic rings. The van der Waals surface area contributed by atoms with Crippen LogP contribution in [0.25, 0.3) is 0 Å². The number of nitrogens with one attached hydrogen (secondary N) is 2. The van der Waals surface area contributed by atoms with E-state index in [-0.39, 0.29) is 37.3 Å². The van der Waals surface area contributed by atoms with Crippen LogP contribution in [-0.2, 0) is 14.4 Å². The number of hydrogen-bond donors (Lipinski definition) is 3. The third kappa shape index (κ3) is 6.04. The van der Waals surface area contributed by atoms with Crippen LogP contribution in [0.1, 0.15) is 12.8 Å². The molecule has 10 heteroatoms. The van der Waals surface area contributed by atoms with E-state index >= 15 is 0 Å². The van der Waals surface area contributed by atoms with Crippen LogP contribution in [0.4, 0.5) is 5.69 Å². The second-order valence-electron chi connectivity index (χ2n) is 5.37. The number of rotatable bonds is 5. The SMILES string of the molecule is Cl.NCC(=O)NCC(=O)N1CCCC1C(=O)Nc1cc(Cl)cc(Cl)c1. The summed E-state index contributed by atoms with van der Waals surface area (Å²) in [6.07, 6.45) is 1.27. The summed E-state index contributed by atoms with van der Waals surface area (Å²) >= 11 is 11.8. The molecule has 7 nitrogen and oxygen atoms in total. The summed E-state index contributed by atoms with van der Waals surface area (Å²) in [5.74, 6) is -1.06. The molecule has 25 heavy (non-hydrogen) atoms. The minimum atomic E-state index is -0.593. The van der Waals surface area contributed by atoms with Crippen molar-refractivity contribution in [3.05, 3.63) is 28.2 Å². The highest BCUT2D eigenvalue weighted by atomic mass is 35.5. The molecule has 1 aliphatic heterocycles. The molecular weight excluding hydrogens is 391 g/mol. The van der Waals surface area contributed by atoms with E-state index in [4.69, 9.17) is 28.9 Å². The standard InChI is InChI=1S/C15H18Cl2N4O3.ClH/c16-9-4-10(17)6-11(5-9)20-15(24)12-2-1-3-21(12)14(23)8-19-13(22)7-18;/h4-6,12H,1-3,7-8,18H2,(H,19,22)(H,20,24);1H. The van der Waals surface area contributed by atoms with Gasteiger partial charge in [0.25, 0.3) is 0 Å². The van der Waals surface area contributed by atoms with Crippen molar-refractivity contribution in [3.63, 3.8) is 0 Å². The van der Waals surface area contributed by atoms with E-state index in [1.807, 2.05) is 0 Å². The van der Waals surface area contributed by atoms with E-state index in [0.717, 1.165) is 0 Å². The molecule has 0 aromatic heterocycles. The molecule has 4 N–H and O–H groups in total. The number of hydrogen-bond acceptors (Lipinski definition) is 4. The Labute approximate surface area is 161 Å². The van der Waals surface area contributed by atoms with E-state index in [1.54, 1.807) is 18.2 Å². The second-order valence-corrected chi connectivity index (χ2v) is 6.25. The fourth-order valence-electron chi connectivity index (χ4n) is 2.54. The van der Waals surface area contributed by atoms with Gasteiger partial charge >= 0.3 is 0 Å². The Kier molecular flexibility index (Phi) is 8.44. The number of carbonyl (C=O) groups excluding carboxylic acids is 3. The van der Waals surface area contributed by atoms with Gasteiger partial charge < -0.3 is 21.3 Å². The van der Waals surface area contributed by atoms with Crippen molar-refractivity contribution in [1.29, 1.82) is 0 Å². The second kappa shape index (κ2) is 9.82. The number of amides is 3. The van der Waals surface area contributed by atoms with E-state index < -0.39 is 11.9 Å². The highest BCUT2D eigenvalue weighted by Gasteiger charge is 2.34. The van der Waals surface area contributed by atoms with Crippen LogP contribution in [0.15, 0.2) is 18.2 Å². The lowest BCUT2D eigenvalue weighted by Crippen LogP contribution is -2.47. The van der Waals surface area contributed by atoms with Gasteiger partial charge in [0.15, 0.2) is 0 Å². The summed E-state index contributed by atoms with van der Waals surface area (Å²) in [5, 5.41) is 5.94. The van der Waals surface area contributed by atoms with E-state index in [1.165, 1.54) is 4.90 Å². The predicted molar refractivity (Wildman–Crippen MR) is 99.1 cm³/mol. The first-order valence-corrected chi connectivity index (χ1v) is 8.19. The monoisotopic (exact) mass is 408 g/mol. The number of anilines is 1. The van der Waals surface area contributed by atoms with Crippen molar-refractivity contribution in [1.82, 2.24) is 10.2 Å². The Hall–Kier alpha value is -1.54. The highest BCUT2D eigenvalue weighted by Crippen LogP contribution is 2.24. The number of likely N-dealkylation sites (tertiary alicyclic amines) is 1. The largest absolute Gasteiger partial charge is 0.346 e. The fourth-order valence-corrected chi connectivity index (χ4v) is 3.06. The number of nitrogens with two attached hydrogens (primary N) is 1. The summed E-state index contributed by atoms with van der Waals surface area (Å²) in [6.45, 7) is 0.0985. The Morgan fingerprint density at radius 3 is 2.44 bits per heavy atom. The van der Waals surface area contributed by atoms with Gasteiger partial charge in [-0.2, -0.15) is 0 Å². The summed E-state index contributed by atoms with van der Waals surface area (Å²) in [7, 11) is 0. The Morgan fingerprint density at radius 1 is 1.20 bits per heavy atom. The molecule has 1 saturated heterocycles. The van der Waals surface area contributed by atoms with Crippen LogP contribution in [-0.4, -0.2) is 48.3 Å². The third-order valence-corrected chi connectivity index (χ3v) is 4.06. The molecule has 2 rings (SSSR count). The van der Waals surface area contributed by atoms with E-state index in [2.05, 4.69) is 10.6 Å². The zero-order valence-electron chi connectivity index (χ0n) is 13.3. The molecule has 1 aromatic carbocycles. The first kappa shape index (κ1) is 21.5. The summed E-state index contributed by atoms with van der Waals surface area (Å²) in [5.41, 5.74) is 5.64. The van der Waals surface area contributed by atoms with E-state index in [0.29, 0.717) is 35.1 Å².